The van der Waals surface area contributed by atoms with E-state index in [-0.39, 0.29) is 5.69 Å². The van der Waals surface area contributed by atoms with Gasteiger partial charge < -0.3 is 4.42 Å². The van der Waals surface area contributed by atoms with E-state index in [9.17, 15) is 10.1 Å². The molecule has 18 heavy (non-hydrogen) atoms. The fraction of sp³-hybridized carbons (Fsp3) is 0. The summed E-state index contributed by atoms with van der Waals surface area (Å²) in [5.41, 5.74) is 0.754. The van der Waals surface area contributed by atoms with Gasteiger partial charge >= 0.3 is 0 Å². The van der Waals surface area contributed by atoms with Gasteiger partial charge in [-0.2, -0.15) is 5.26 Å². The minimum atomic E-state index is -0.495. The highest BCUT2D eigenvalue weighted by atomic mass is 16.6. The molecule has 0 unspecified atom stereocenters. The van der Waals surface area contributed by atoms with E-state index < -0.39 is 4.92 Å². The standard InChI is InChI=1S/C13H8N2O3/c14-9-11(8-13-5-2-6-18-13)10-3-1-4-12(7-10)15(16)17/h1-8H. The van der Waals surface area contributed by atoms with E-state index in [2.05, 4.69) is 0 Å². The van der Waals surface area contributed by atoms with Crippen molar-refractivity contribution in [3.8, 4) is 6.07 Å². The van der Waals surface area contributed by atoms with Crippen molar-refractivity contribution in [1.29, 1.82) is 5.26 Å². The average Bonchev–Trinajstić information content (AvgIpc) is 2.89. The van der Waals surface area contributed by atoms with Crippen LogP contribution in [0.2, 0.25) is 0 Å². The van der Waals surface area contributed by atoms with Crippen molar-refractivity contribution in [1.82, 2.24) is 0 Å². The van der Waals surface area contributed by atoms with Gasteiger partial charge in [-0.05, 0) is 23.8 Å². The highest BCUT2D eigenvalue weighted by Crippen LogP contribution is 2.22. The molecule has 88 valence electrons. The summed E-state index contributed by atoms with van der Waals surface area (Å²) in [5.74, 6) is 0.526. The zero-order chi connectivity index (χ0) is 13.0. The molecule has 0 aliphatic rings. The van der Waals surface area contributed by atoms with E-state index in [1.165, 1.54) is 18.4 Å². The van der Waals surface area contributed by atoms with Gasteiger partial charge in [0, 0.05) is 12.1 Å². The molecule has 0 saturated heterocycles. The Balaban J connectivity index is 2.43. The largest absolute Gasteiger partial charge is 0.465 e. The van der Waals surface area contributed by atoms with Crippen molar-refractivity contribution in [2.24, 2.45) is 0 Å². The van der Waals surface area contributed by atoms with Crippen LogP contribution in [0.25, 0.3) is 11.6 Å². The fourth-order valence-electron chi connectivity index (χ4n) is 1.48. The molecule has 0 spiro atoms. The lowest BCUT2D eigenvalue weighted by Gasteiger charge is -1.98. The number of rotatable bonds is 3. The van der Waals surface area contributed by atoms with Gasteiger partial charge in [-0.25, -0.2) is 0 Å². The van der Waals surface area contributed by atoms with Gasteiger partial charge in [-0.15, -0.1) is 0 Å². The second-order valence-corrected chi connectivity index (χ2v) is 3.49. The third-order valence-corrected chi connectivity index (χ3v) is 2.32. The normalized spacial score (nSPS) is 10.9. The Morgan fingerprint density at radius 3 is 2.83 bits per heavy atom. The van der Waals surface area contributed by atoms with Crippen LogP contribution in [0, 0.1) is 21.4 Å². The van der Waals surface area contributed by atoms with Crippen LogP contribution in [-0.4, -0.2) is 4.92 Å². The van der Waals surface area contributed by atoms with Gasteiger partial charge in [-0.3, -0.25) is 10.1 Å². The lowest BCUT2D eigenvalue weighted by molar-refractivity contribution is -0.384. The minimum Gasteiger partial charge on any atom is -0.465 e. The Kier molecular flexibility index (Phi) is 3.21. The molecule has 2 rings (SSSR count). The average molecular weight is 240 g/mol. The van der Waals surface area contributed by atoms with Crippen molar-refractivity contribution < 1.29 is 9.34 Å². The SMILES string of the molecule is N#CC(=Cc1ccco1)c1cccc([N+](=O)[O-])c1. The first-order chi connectivity index (χ1) is 8.70. The van der Waals surface area contributed by atoms with Crippen molar-refractivity contribution >= 4 is 17.3 Å². The molecule has 0 amide bonds. The number of benzene rings is 1. The predicted molar refractivity (Wildman–Crippen MR) is 65.3 cm³/mol. The second-order valence-electron chi connectivity index (χ2n) is 3.49. The van der Waals surface area contributed by atoms with Crippen LogP contribution in [0.3, 0.4) is 0 Å². The van der Waals surface area contributed by atoms with Crippen LogP contribution in [0.5, 0.6) is 0 Å². The number of nitro groups is 1. The monoisotopic (exact) mass is 240 g/mol. The topological polar surface area (TPSA) is 80.1 Å². The number of allylic oxidation sites excluding steroid dienone is 1. The summed E-state index contributed by atoms with van der Waals surface area (Å²) in [6.45, 7) is 0. The summed E-state index contributed by atoms with van der Waals surface area (Å²) in [5, 5.41) is 19.7. The number of hydrogen-bond donors (Lipinski definition) is 0. The van der Waals surface area contributed by atoms with Crippen molar-refractivity contribution in [3.63, 3.8) is 0 Å². The predicted octanol–water partition coefficient (Wildman–Crippen LogP) is 3.25. The molecule has 0 N–H and O–H groups in total. The van der Waals surface area contributed by atoms with Crippen molar-refractivity contribution in [3.05, 3.63) is 64.1 Å². The molecule has 5 nitrogen and oxygen atoms in total. The number of nitro benzene ring substituents is 1. The Bertz CT molecular complexity index is 637. The summed E-state index contributed by atoms with van der Waals surface area (Å²) in [4.78, 5) is 10.2. The third-order valence-electron chi connectivity index (χ3n) is 2.32. The molecule has 2 aromatic rings. The molecular formula is C13H8N2O3. The summed E-state index contributed by atoms with van der Waals surface area (Å²) >= 11 is 0. The number of hydrogen-bond acceptors (Lipinski definition) is 4. The Hall–Kier alpha value is -2.87. The van der Waals surface area contributed by atoms with Crippen LogP contribution in [0.4, 0.5) is 5.69 Å². The molecule has 0 atom stereocenters. The highest BCUT2D eigenvalue weighted by Gasteiger charge is 2.09. The van der Waals surface area contributed by atoms with Gasteiger partial charge in [-0.1, -0.05) is 12.1 Å². The first-order valence-electron chi connectivity index (χ1n) is 5.11. The molecule has 0 saturated carbocycles. The van der Waals surface area contributed by atoms with E-state index in [1.54, 1.807) is 30.3 Å². The van der Waals surface area contributed by atoms with Gasteiger partial charge in [0.15, 0.2) is 0 Å². The summed E-state index contributed by atoms with van der Waals surface area (Å²) in [6, 6.07) is 11.3. The molecular weight excluding hydrogens is 232 g/mol. The van der Waals surface area contributed by atoms with E-state index in [4.69, 9.17) is 9.68 Å². The molecule has 1 aromatic heterocycles. The first-order valence-corrected chi connectivity index (χ1v) is 5.11. The maximum absolute atomic E-state index is 10.7. The lowest BCUT2D eigenvalue weighted by Crippen LogP contribution is -1.89. The number of furan rings is 1. The summed E-state index contributed by atoms with van der Waals surface area (Å²) in [6.07, 6.45) is 3.04. The molecule has 0 fully saturated rings. The van der Waals surface area contributed by atoms with Crippen LogP contribution in [0.1, 0.15) is 11.3 Å². The van der Waals surface area contributed by atoms with Gasteiger partial charge in [0.25, 0.3) is 5.69 Å². The van der Waals surface area contributed by atoms with E-state index in [0.29, 0.717) is 16.9 Å². The molecule has 1 aromatic carbocycles. The molecule has 0 aliphatic carbocycles. The molecule has 0 bridgehead atoms. The minimum absolute atomic E-state index is 0.0481. The first kappa shape index (κ1) is 11.6. The van der Waals surface area contributed by atoms with Crippen LogP contribution in [0.15, 0.2) is 47.1 Å². The third kappa shape index (κ3) is 2.44. The Morgan fingerprint density at radius 1 is 1.39 bits per heavy atom. The van der Waals surface area contributed by atoms with Gasteiger partial charge in [0.2, 0.25) is 0 Å². The highest BCUT2D eigenvalue weighted by molar-refractivity contribution is 5.89. The van der Waals surface area contributed by atoms with E-state index in [0.717, 1.165) is 0 Å². The van der Waals surface area contributed by atoms with E-state index in [1.807, 2.05) is 6.07 Å². The van der Waals surface area contributed by atoms with Crippen LogP contribution >= 0.6 is 0 Å². The molecule has 1 heterocycles. The van der Waals surface area contributed by atoms with Crippen molar-refractivity contribution in [2.45, 2.75) is 0 Å². The quantitative estimate of drug-likeness (QED) is 0.468. The maximum atomic E-state index is 10.7. The molecule has 0 aliphatic heterocycles. The fourth-order valence-corrected chi connectivity index (χ4v) is 1.48. The zero-order valence-corrected chi connectivity index (χ0v) is 9.24. The van der Waals surface area contributed by atoms with Crippen molar-refractivity contribution in [2.75, 3.05) is 0 Å². The maximum Gasteiger partial charge on any atom is 0.270 e. The Labute approximate surface area is 103 Å². The number of nitriles is 1. The van der Waals surface area contributed by atoms with Crippen LogP contribution in [-0.2, 0) is 0 Å². The number of nitrogens with zero attached hydrogens (tertiary/aromatic N) is 2. The van der Waals surface area contributed by atoms with E-state index >= 15 is 0 Å². The smallest absolute Gasteiger partial charge is 0.270 e. The lowest BCUT2D eigenvalue weighted by atomic mass is 10.1. The zero-order valence-electron chi connectivity index (χ0n) is 9.24. The summed E-state index contributed by atoms with van der Waals surface area (Å²) in [7, 11) is 0. The molecule has 5 heteroatoms. The Morgan fingerprint density at radius 2 is 2.22 bits per heavy atom. The van der Waals surface area contributed by atoms with Gasteiger partial charge in [0.05, 0.1) is 22.8 Å². The summed E-state index contributed by atoms with van der Waals surface area (Å²) < 4.78 is 5.10. The second kappa shape index (κ2) is 4.97. The molecule has 0 radical (unpaired) electrons. The van der Waals surface area contributed by atoms with Gasteiger partial charge in [0.1, 0.15) is 5.76 Å². The van der Waals surface area contributed by atoms with Crippen LogP contribution < -0.4 is 0 Å². The number of non-ortho nitro benzene ring substituents is 1.